The average molecular weight is 553 g/mol. The molecule has 0 saturated carbocycles. The predicted molar refractivity (Wildman–Crippen MR) is 159 cm³/mol. The van der Waals surface area contributed by atoms with Gasteiger partial charge in [0.2, 0.25) is 0 Å². The van der Waals surface area contributed by atoms with Gasteiger partial charge in [0, 0.05) is 22.8 Å². The van der Waals surface area contributed by atoms with Gasteiger partial charge >= 0.3 is 11.9 Å². The quantitative estimate of drug-likeness (QED) is 0.0498. The third-order valence-corrected chi connectivity index (χ3v) is 6.28. The highest BCUT2D eigenvalue weighted by molar-refractivity contribution is 5.91. The Bertz CT molecular complexity index is 1360. The molecule has 41 heavy (non-hydrogen) atoms. The Morgan fingerprint density at radius 2 is 1.54 bits per heavy atom. The summed E-state index contributed by atoms with van der Waals surface area (Å²) in [7, 11) is 0. The molecule has 0 saturated heterocycles. The summed E-state index contributed by atoms with van der Waals surface area (Å²) < 4.78 is 16.2. The zero-order valence-corrected chi connectivity index (χ0v) is 23.5. The third-order valence-electron chi connectivity index (χ3n) is 6.28. The number of esters is 2. The van der Waals surface area contributed by atoms with Crippen molar-refractivity contribution < 1.29 is 28.6 Å². The van der Waals surface area contributed by atoms with Crippen LogP contribution in [0.4, 0.5) is 0 Å². The van der Waals surface area contributed by atoms with E-state index in [1.807, 2.05) is 12.1 Å². The molecule has 0 heterocycles. The molecule has 0 unspecified atom stereocenters. The van der Waals surface area contributed by atoms with Gasteiger partial charge < -0.3 is 14.2 Å². The number of hydrogen-bond acceptors (Lipinski definition) is 6. The van der Waals surface area contributed by atoms with Crippen molar-refractivity contribution in [2.75, 3.05) is 13.2 Å². The van der Waals surface area contributed by atoms with Crippen LogP contribution in [0.1, 0.15) is 82.9 Å². The molecule has 212 valence electrons. The van der Waals surface area contributed by atoms with Gasteiger partial charge in [-0.15, -0.1) is 0 Å². The number of carbonyl (C=O) groups excluding carboxylic acids is 3. The molecule has 0 radical (unpaired) electrons. The minimum atomic E-state index is -0.535. The zero-order chi connectivity index (χ0) is 29.3. The van der Waals surface area contributed by atoms with E-state index in [1.54, 1.807) is 36.4 Å². The number of carbonyl (C=O) groups is 3. The molecule has 0 bridgehead atoms. The van der Waals surface area contributed by atoms with E-state index < -0.39 is 11.9 Å². The van der Waals surface area contributed by atoms with Crippen LogP contribution in [0.3, 0.4) is 0 Å². The summed E-state index contributed by atoms with van der Waals surface area (Å²) in [6.45, 7) is 6.47. The van der Waals surface area contributed by atoms with Crippen LogP contribution in [0.15, 0.2) is 79.4 Å². The Hall–Kier alpha value is -4.63. The van der Waals surface area contributed by atoms with Crippen molar-refractivity contribution in [1.29, 1.82) is 0 Å². The Morgan fingerprint density at radius 1 is 0.829 bits per heavy atom. The van der Waals surface area contributed by atoms with Crippen molar-refractivity contribution in [2.24, 2.45) is 0 Å². The Labute approximate surface area is 242 Å². The van der Waals surface area contributed by atoms with Gasteiger partial charge in [0.05, 0.1) is 18.8 Å². The number of rotatable bonds is 15. The van der Waals surface area contributed by atoms with Gasteiger partial charge in [0.1, 0.15) is 11.5 Å². The van der Waals surface area contributed by atoms with Crippen LogP contribution in [0, 0.1) is 11.8 Å². The lowest BCUT2D eigenvalue weighted by Crippen LogP contribution is -2.09. The van der Waals surface area contributed by atoms with E-state index in [2.05, 4.69) is 37.5 Å². The maximum atomic E-state index is 12.6. The summed E-state index contributed by atoms with van der Waals surface area (Å²) in [5, 5.41) is 0. The van der Waals surface area contributed by atoms with E-state index in [9.17, 15) is 14.4 Å². The SMILES string of the molecule is C=CC(=O)OCCCCCCOc1ccc(C(=O)Oc2ccc(C#Cc3ccc(CCCC)cc3)c(C=O)c2)cc1. The summed E-state index contributed by atoms with van der Waals surface area (Å²) in [6, 6.07) is 19.7. The molecule has 0 aromatic heterocycles. The average Bonchev–Trinajstić information content (AvgIpc) is 3.01. The molecule has 6 nitrogen and oxygen atoms in total. The number of ether oxygens (including phenoxy) is 3. The minimum Gasteiger partial charge on any atom is -0.494 e. The highest BCUT2D eigenvalue weighted by atomic mass is 16.5. The number of aryl methyl sites for hydroxylation is 1. The fraction of sp³-hybridized carbons (Fsp3) is 0.286. The number of aldehydes is 1. The Morgan fingerprint density at radius 3 is 2.22 bits per heavy atom. The summed E-state index contributed by atoms with van der Waals surface area (Å²) in [6.07, 6.45) is 8.79. The molecule has 0 atom stereocenters. The lowest BCUT2D eigenvalue weighted by atomic mass is 10.1. The largest absolute Gasteiger partial charge is 0.494 e. The summed E-state index contributed by atoms with van der Waals surface area (Å²) in [5.41, 5.74) is 3.43. The van der Waals surface area contributed by atoms with Crippen LogP contribution in [0.5, 0.6) is 11.5 Å². The summed E-state index contributed by atoms with van der Waals surface area (Å²) >= 11 is 0. The number of benzene rings is 3. The predicted octanol–water partition coefficient (Wildman–Crippen LogP) is 7.13. The topological polar surface area (TPSA) is 78.9 Å². The molecule has 0 N–H and O–H groups in total. The van der Waals surface area contributed by atoms with Gasteiger partial charge in [-0.1, -0.05) is 43.9 Å². The van der Waals surface area contributed by atoms with E-state index >= 15 is 0 Å². The Balaban J connectivity index is 1.47. The van der Waals surface area contributed by atoms with Crippen LogP contribution in [0.2, 0.25) is 0 Å². The molecule has 0 amide bonds. The monoisotopic (exact) mass is 552 g/mol. The van der Waals surface area contributed by atoms with Crippen LogP contribution >= 0.6 is 0 Å². The van der Waals surface area contributed by atoms with E-state index in [0.29, 0.717) is 41.9 Å². The number of hydrogen-bond donors (Lipinski definition) is 0. The van der Waals surface area contributed by atoms with Gasteiger partial charge in [-0.2, -0.15) is 0 Å². The lowest BCUT2D eigenvalue weighted by Gasteiger charge is -2.08. The van der Waals surface area contributed by atoms with Crippen LogP contribution in [-0.4, -0.2) is 31.4 Å². The third kappa shape index (κ3) is 10.8. The van der Waals surface area contributed by atoms with Crippen molar-refractivity contribution >= 4 is 18.2 Å². The van der Waals surface area contributed by atoms with E-state index in [4.69, 9.17) is 14.2 Å². The zero-order valence-electron chi connectivity index (χ0n) is 23.5. The van der Waals surface area contributed by atoms with Crippen molar-refractivity contribution in [1.82, 2.24) is 0 Å². The molecule has 3 aromatic carbocycles. The molecule has 3 aromatic rings. The second kappa shape index (κ2) is 17.1. The lowest BCUT2D eigenvalue weighted by molar-refractivity contribution is -0.137. The molecular weight excluding hydrogens is 516 g/mol. The standard InChI is InChI=1S/C35H36O6/c1-3-5-10-27-11-13-28(14-12-27)15-16-29-17-22-33(25-31(29)26-36)41-35(38)30-18-20-32(21-19-30)39-23-8-6-7-9-24-40-34(37)4-2/h4,11-14,17-22,25-26H,2-3,5-10,23-24H2,1H3. The molecular formula is C35H36O6. The first kappa shape index (κ1) is 30.9. The van der Waals surface area contributed by atoms with Crippen molar-refractivity contribution in [3.63, 3.8) is 0 Å². The highest BCUT2D eigenvalue weighted by Crippen LogP contribution is 2.19. The van der Waals surface area contributed by atoms with E-state index in [-0.39, 0.29) is 5.75 Å². The maximum Gasteiger partial charge on any atom is 0.343 e. The second-order valence-corrected chi connectivity index (χ2v) is 9.47. The van der Waals surface area contributed by atoms with Gasteiger partial charge in [-0.05, 0) is 98.7 Å². The van der Waals surface area contributed by atoms with E-state index in [1.165, 1.54) is 11.6 Å². The minimum absolute atomic E-state index is 0.266. The first-order chi connectivity index (χ1) is 20.0. The smallest absolute Gasteiger partial charge is 0.343 e. The molecule has 0 spiro atoms. The Kier molecular flexibility index (Phi) is 12.9. The second-order valence-electron chi connectivity index (χ2n) is 9.47. The molecule has 0 aliphatic heterocycles. The molecule has 6 heteroatoms. The van der Waals surface area contributed by atoms with Gasteiger partial charge in [-0.3, -0.25) is 4.79 Å². The molecule has 0 aliphatic carbocycles. The van der Waals surface area contributed by atoms with Gasteiger partial charge in [0.15, 0.2) is 6.29 Å². The maximum absolute atomic E-state index is 12.6. The van der Waals surface area contributed by atoms with E-state index in [0.717, 1.165) is 56.6 Å². The van der Waals surface area contributed by atoms with Gasteiger partial charge in [0.25, 0.3) is 0 Å². The van der Waals surface area contributed by atoms with Crippen LogP contribution < -0.4 is 9.47 Å². The first-order valence-electron chi connectivity index (χ1n) is 14.0. The molecule has 0 fully saturated rings. The summed E-state index contributed by atoms with van der Waals surface area (Å²) in [4.78, 5) is 35.3. The van der Waals surface area contributed by atoms with Crippen molar-refractivity contribution in [3.05, 3.63) is 107 Å². The molecule has 3 rings (SSSR count). The fourth-order valence-electron chi connectivity index (χ4n) is 3.92. The summed E-state index contributed by atoms with van der Waals surface area (Å²) in [5.74, 6) is 6.13. The fourth-order valence-corrected chi connectivity index (χ4v) is 3.92. The molecule has 0 aliphatic rings. The highest BCUT2D eigenvalue weighted by Gasteiger charge is 2.11. The van der Waals surface area contributed by atoms with Crippen LogP contribution in [0.25, 0.3) is 0 Å². The van der Waals surface area contributed by atoms with Crippen LogP contribution in [-0.2, 0) is 16.0 Å². The number of unbranched alkanes of at least 4 members (excludes halogenated alkanes) is 4. The first-order valence-corrected chi connectivity index (χ1v) is 14.0. The van der Waals surface area contributed by atoms with Crippen molar-refractivity contribution in [2.45, 2.75) is 51.9 Å². The van der Waals surface area contributed by atoms with Crippen molar-refractivity contribution in [3.8, 4) is 23.3 Å². The van der Waals surface area contributed by atoms with Gasteiger partial charge in [-0.25, -0.2) is 9.59 Å². The normalized spacial score (nSPS) is 10.2.